The van der Waals surface area contributed by atoms with Gasteiger partial charge in [-0.25, -0.2) is 0 Å². The molecule has 2 aliphatic heterocycles. The van der Waals surface area contributed by atoms with Crippen LogP contribution in [0.15, 0.2) is 35.2 Å². The average Bonchev–Trinajstić information content (AvgIpc) is 2.98. The molecule has 25 heavy (non-hydrogen) atoms. The number of nitrogens with zero attached hydrogens (tertiary/aromatic N) is 1. The SMILES string of the molecule is CN1CCC(=C2c3cc(CC(=O)O)ccc3OCc3ccsc32)CC1. The molecule has 1 N–H and O–H groups in total. The largest absolute Gasteiger partial charge is 0.488 e. The third-order valence-electron chi connectivity index (χ3n) is 4.97. The lowest BCUT2D eigenvalue weighted by Gasteiger charge is -2.26. The molecule has 0 spiro atoms. The summed E-state index contributed by atoms with van der Waals surface area (Å²) in [5, 5.41) is 11.3. The van der Waals surface area contributed by atoms with E-state index in [4.69, 9.17) is 9.84 Å². The summed E-state index contributed by atoms with van der Waals surface area (Å²) < 4.78 is 6.05. The Labute approximate surface area is 151 Å². The zero-order chi connectivity index (χ0) is 17.4. The van der Waals surface area contributed by atoms with Crippen molar-refractivity contribution in [3.8, 4) is 5.75 Å². The van der Waals surface area contributed by atoms with Crippen molar-refractivity contribution in [2.24, 2.45) is 0 Å². The van der Waals surface area contributed by atoms with Crippen molar-refractivity contribution in [1.82, 2.24) is 4.90 Å². The monoisotopic (exact) mass is 355 g/mol. The Morgan fingerprint density at radius 3 is 2.84 bits per heavy atom. The zero-order valence-corrected chi connectivity index (χ0v) is 15.1. The fourth-order valence-corrected chi connectivity index (χ4v) is 4.64. The van der Waals surface area contributed by atoms with Gasteiger partial charge in [-0.1, -0.05) is 11.6 Å². The standard InChI is InChI=1S/C20H21NO3S/c1-21-7-4-14(5-8-21)19-16-10-13(11-18(22)23)2-3-17(16)24-12-15-6-9-25-20(15)19/h2-3,6,9-10H,4-5,7-8,11-12H2,1H3,(H,22,23). The lowest BCUT2D eigenvalue weighted by atomic mass is 9.90. The number of piperidine rings is 1. The lowest BCUT2D eigenvalue weighted by Crippen LogP contribution is -2.26. The molecule has 0 atom stereocenters. The van der Waals surface area contributed by atoms with Crippen LogP contribution in [0.25, 0.3) is 5.57 Å². The smallest absolute Gasteiger partial charge is 0.307 e. The molecule has 0 radical (unpaired) electrons. The van der Waals surface area contributed by atoms with E-state index in [0.29, 0.717) is 6.61 Å². The van der Waals surface area contributed by atoms with Gasteiger partial charge in [0.15, 0.2) is 0 Å². The topological polar surface area (TPSA) is 49.8 Å². The van der Waals surface area contributed by atoms with Crippen LogP contribution in [0.4, 0.5) is 0 Å². The molecule has 2 aromatic rings. The molecule has 4 rings (SSSR count). The van der Waals surface area contributed by atoms with Gasteiger partial charge in [0.05, 0.1) is 6.42 Å². The van der Waals surface area contributed by atoms with E-state index in [9.17, 15) is 4.79 Å². The van der Waals surface area contributed by atoms with E-state index in [-0.39, 0.29) is 6.42 Å². The summed E-state index contributed by atoms with van der Waals surface area (Å²) in [5.74, 6) is 0.0544. The van der Waals surface area contributed by atoms with E-state index in [2.05, 4.69) is 23.4 Å². The summed E-state index contributed by atoms with van der Waals surface area (Å²) in [6, 6.07) is 7.95. The summed E-state index contributed by atoms with van der Waals surface area (Å²) in [5.41, 5.74) is 5.83. The number of carboxylic acid groups (broad SMARTS) is 1. The first-order valence-electron chi connectivity index (χ1n) is 8.57. The predicted molar refractivity (Wildman–Crippen MR) is 99.2 cm³/mol. The normalized spacial score (nSPS) is 17.5. The molecule has 0 saturated carbocycles. The highest BCUT2D eigenvalue weighted by Gasteiger charge is 2.25. The molecule has 1 aromatic heterocycles. The molecule has 2 aliphatic rings. The Bertz CT molecular complexity index is 842. The van der Waals surface area contributed by atoms with Gasteiger partial charge in [0.25, 0.3) is 0 Å². The molecule has 1 fully saturated rings. The third-order valence-corrected chi connectivity index (χ3v) is 5.94. The second-order valence-electron chi connectivity index (χ2n) is 6.75. The quantitative estimate of drug-likeness (QED) is 0.890. The molecule has 0 amide bonds. The second-order valence-corrected chi connectivity index (χ2v) is 7.66. The van der Waals surface area contributed by atoms with Crippen LogP contribution in [0, 0.1) is 0 Å². The molecule has 3 heterocycles. The number of ether oxygens (including phenoxy) is 1. The Morgan fingerprint density at radius 2 is 2.08 bits per heavy atom. The van der Waals surface area contributed by atoms with Crippen molar-refractivity contribution in [2.75, 3.05) is 20.1 Å². The number of carboxylic acids is 1. The van der Waals surface area contributed by atoms with E-state index in [1.165, 1.54) is 21.6 Å². The first kappa shape index (κ1) is 16.4. The molecule has 0 bridgehead atoms. The van der Waals surface area contributed by atoms with E-state index in [1.54, 1.807) is 11.3 Å². The fourth-order valence-electron chi connectivity index (χ4n) is 3.62. The van der Waals surface area contributed by atoms with Gasteiger partial charge in [-0.2, -0.15) is 0 Å². The first-order chi connectivity index (χ1) is 12.1. The minimum atomic E-state index is -0.806. The number of carbonyl (C=O) groups is 1. The Morgan fingerprint density at radius 1 is 1.28 bits per heavy atom. The highest BCUT2D eigenvalue weighted by Crippen LogP contribution is 2.43. The Kier molecular flexibility index (Phi) is 4.36. The van der Waals surface area contributed by atoms with Gasteiger partial charge in [0.1, 0.15) is 12.4 Å². The number of likely N-dealkylation sites (tertiary alicyclic amines) is 1. The van der Waals surface area contributed by atoms with E-state index in [1.807, 2.05) is 18.2 Å². The summed E-state index contributed by atoms with van der Waals surface area (Å²) in [7, 11) is 2.16. The number of aliphatic carboxylic acids is 1. The van der Waals surface area contributed by atoms with Crippen LogP contribution in [0.1, 0.15) is 34.4 Å². The number of thiophene rings is 1. The number of fused-ring (bicyclic) bond motifs is 2. The van der Waals surface area contributed by atoms with Crippen LogP contribution in [-0.4, -0.2) is 36.1 Å². The van der Waals surface area contributed by atoms with Crippen molar-refractivity contribution in [3.05, 3.63) is 56.8 Å². The van der Waals surface area contributed by atoms with E-state index in [0.717, 1.165) is 42.8 Å². The second kappa shape index (κ2) is 6.65. The average molecular weight is 355 g/mol. The van der Waals surface area contributed by atoms with Crippen molar-refractivity contribution in [3.63, 3.8) is 0 Å². The minimum absolute atomic E-state index is 0.0376. The molecule has 4 nitrogen and oxygen atoms in total. The van der Waals surface area contributed by atoms with E-state index >= 15 is 0 Å². The molecule has 1 saturated heterocycles. The van der Waals surface area contributed by atoms with Crippen LogP contribution in [0.5, 0.6) is 5.75 Å². The molecule has 0 aliphatic carbocycles. The van der Waals surface area contributed by atoms with Crippen LogP contribution in [-0.2, 0) is 17.8 Å². The van der Waals surface area contributed by atoms with E-state index < -0.39 is 5.97 Å². The molecule has 5 heteroatoms. The van der Waals surface area contributed by atoms with Crippen LogP contribution >= 0.6 is 11.3 Å². The van der Waals surface area contributed by atoms with Crippen molar-refractivity contribution < 1.29 is 14.6 Å². The zero-order valence-electron chi connectivity index (χ0n) is 14.2. The molecule has 1 aromatic carbocycles. The first-order valence-corrected chi connectivity index (χ1v) is 9.45. The van der Waals surface area contributed by atoms with Crippen molar-refractivity contribution in [2.45, 2.75) is 25.9 Å². The number of benzene rings is 1. The lowest BCUT2D eigenvalue weighted by molar-refractivity contribution is -0.136. The maximum Gasteiger partial charge on any atom is 0.307 e. The fraction of sp³-hybridized carbons (Fsp3) is 0.350. The maximum atomic E-state index is 11.1. The molecular weight excluding hydrogens is 334 g/mol. The highest BCUT2D eigenvalue weighted by molar-refractivity contribution is 7.11. The highest BCUT2D eigenvalue weighted by atomic mass is 32.1. The maximum absolute atomic E-state index is 11.1. The third kappa shape index (κ3) is 3.22. The minimum Gasteiger partial charge on any atom is -0.488 e. The van der Waals surface area contributed by atoms with Crippen molar-refractivity contribution in [1.29, 1.82) is 0 Å². The Balaban J connectivity index is 1.88. The summed E-state index contributed by atoms with van der Waals surface area (Å²) in [4.78, 5) is 14.8. The summed E-state index contributed by atoms with van der Waals surface area (Å²) in [6.07, 6.45) is 2.13. The molecule has 0 unspecified atom stereocenters. The van der Waals surface area contributed by atoms with Crippen LogP contribution in [0.3, 0.4) is 0 Å². The van der Waals surface area contributed by atoms with Gasteiger partial charge in [0, 0.05) is 34.7 Å². The Hall–Kier alpha value is -2.11. The van der Waals surface area contributed by atoms with Gasteiger partial charge in [-0.05, 0) is 49.0 Å². The molecule has 130 valence electrons. The van der Waals surface area contributed by atoms with Crippen LogP contribution in [0.2, 0.25) is 0 Å². The molecular formula is C20H21NO3S. The van der Waals surface area contributed by atoms with Crippen LogP contribution < -0.4 is 4.74 Å². The van der Waals surface area contributed by atoms with Gasteiger partial charge in [-0.15, -0.1) is 11.3 Å². The number of hydrogen-bond acceptors (Lipinski definition) is 4. The van der Waals surface area contributed by atoms with Gasteiger partial charge < -0.3 is 14.7 Å². The van der Waals surface area contributed by atoms with Gasteiger partial charge in [-0.3, -0.25) is 4.79 Å². The predicted octanol–water partition coefficient (Wildman–Crippen LogP) is 3.80. The van der Waals surface area contributed by atoms with Gasteiger partial charge >= 0.3 is 5.97 Å². The number of hydrogen-bond donors (Lipinski definition) is 1. The summed E-state index contributed by atoms with van der Waals surface area (Å²) >= 11 is 1.76. The van der Waals surface area contributed by atoms with Crippen molar-refractivity contribution >= 4 is 22.9 Å². The summed E-state index contributed by atoms with van der Waals surface area (Å²) in [6.45, 7) is 2.69. The van der Waals surface area contributed by atoms with Gasteiger partial charge in [0.2, 0.25) is 0 Å². The number of rotatable bonds is 2.